The molecule has 0 atom stereocenters. The number of hydrogen-bond donors (Lipinski definition) is 0. The first-order valence-corrected chi connectivity index (χ1v) is 8.93. The van der Waals surface area contributed by atoms with E-state index in [9.17, 15) is 13.2 Å². The average Bonchev–Trinajstić information content (AvgIpc) is 2.52. The van der Waals surface area contributed by atoms with Gasteiger partial charge in [-0.2, -0.15) is 0 Å². The van der Waals surface area contributed by atoms with Crippen molar-refractivity contribution >= 4 is 15.8 Å². The van der Waals surface area contributed by atoms with Crippen LogP contribution in [0.4, 0.5) is 0 Å². The van der Waals surface area contributed by atoms with E-state index >= 15 is 0 Å². The minimum absolute atomic E-state index is 0.0330. The molecular formula is C17H18O5S. The Labute approximate surface area is 135 Å². The number of para-hydroxylation sites is 1. The van der Waals surface area contributed by atoms with E-state index < -0.39 is 15.8 Å². The predicted molar refractivity (Wildman–Crippen MR) is 86.5 cm³/mol. The molecule has 2 aromatic rings. The minimum atomic E-state index is -3.49. The fraction of sp³-hybridized carbons (Fsp3) is 0.235. The summed E-state index contributed by atoms with van der Waals surface area (Å²) >= 11 is 0. The third kappa shape index (κ3) is 4.56. The lowest BCUT2D eigenvalue weighted by Crippen LogP contribution is -2.15. The van der Waals surface area contributed by atoms with Gasteiger partial charge < -0.3 is 9.47 Å². The molecule has 0 aliphatic carbocycles. The summed E-state index contributed by atoms with van der Waals surface area (Å²) in [6.45, 7) is 2.15. The van der Waals surface area contributed by atoms with Gasteiger partial charge in [-0.1, -0.05) is 30.3 Å². The zero-order chi connectivity index (χ0) is 16.9. The molecule has 0 heterocycles. The summed E-state index contributed by atoms with van der Waals surface area (Å²) in [5, 5.41) is 0. The number of rotatable bonds is 6. The molecular weight excluding hydrogens is 316 g/mol. The third-order valence-electron chi connectivity index (χ3n) is 3.17. The number of benzene rings is 2. The SMILES string of the molecule is Cc1ccccc1OCCOC(=O)c1ccccc1S(C)(=O)=O. The molecule has 0 amide bonds. The van der Waals surface area contributed by atoms with Crippen LogP contribution in [-0.2, 0) is 14.6 Å². The highest BCUT2D eigenvalue weighted by molar-refractivity contribution is 7.90. The van der Waals surface area contributed by atoms with Crippen molar-refractivity contribution in [2.24, 2.45) is 0 Å². The first-order chi connectivity index (χ1) is 10.9. The molecule has 0 fully saturated rings. The summed E-state index contributed by atoms with van der Waals surface area (Å²) in [5.41, 5.74) is 1.02. The van der Waals surface area contributed by atoms with E-state index in [4.69, 9.17) is 9.47 Å². The van der Waals surface area contributed by atoms with Crippen molar-refractivity contribution < 1.29 is 22.7 Å². The van der Waals surface area contributed by atoms with Gasteiger partial charge in [0.2, 0.25) is 0 Å². The molecule has 5 nitrogen and oxygen atoms in total. The van der Waals surface area contributed by atoms with Gasteiger partial charge in [0.25, 0.3) is 0 Å². The van der Waals surface area contributed by atoms with E-state index in [1.165, 1.54) is 12.1 Å². The Morgan fingerprint density at radius 3 is 2.35 bits per heavy atom. The number of carbonyl (C=O) groups is 1. The molecule has 0 N–H and O–H groups in total. The van der Waals surface area contributed by atoms with Gasteiger partial charge in [-0.25, -0.2) is 13.2 Å². The van der Waals surface area contributed by atoms with Crippen LogP contribution in [0.15, 0.2) is 53.4 Å². The Kier molecular flexibility index (Phi) is 5.39. The van der Waals surface area contributed by atoms with Crippen LogP contribution < -0.4 is 4.74 Å². The van der Waals surface area contributed by atoms with Gasteiger partial charge in [0.05, 0.1) is 10.5 Å². The van der Waals surface area contributed by atoms with Gasteiger partial charge in [0.1, 0.15) is 19.0 Å². The van der Waals surface area contributed by atoms with Crippen LogP contribution in [0.5, 0.6) is 5.75 Å². The average molecular weight is 334 g/mol. The topological polar surface area (TPSA) is 69.7 Å². The highest BCUT2D eigenvalue weighted by atomic mass is 32.2. The second kappa shape index (κ2) is 7.28. The van der Waals surface area contributed by atoms with E-state index in [2.05, 4.69) is 0 Å². The van der Waals surface area contributed by atoms with Crippen LogP contribution in [0.3, 0.4) is 0 Å². The van der Waals surface area contributed by atoms with Crippen molar-refractivity contribution in [3.05, 3.63) is 59.7 Å². The zero-order valence-electron chi connectivity index (χ0n) is 13.0. The van der Waals surface area contributed by atoms with Crippen LogP contribution >= 0.6 is 0 Å². The lowest BCUT2D eigenvalue weighted by atomic mass is 10.2. The largest absolute Gasteiger partial charge is 0.490 e. The summed E-state index contributed by atoms with van der Waals surface area (Å²) in [4.78, 5) is 12.0. The van der Waals surface area contributed by atoms with Gasteiger partial charge in [-0.3, -0.25) is 0 Å². The molecule has 23 heavy (non-hydrogen) atoms. The molecule has 0 saturated carbocycles. The number of aryl methyl sites for hydroxylation is 1. The Hall–Kier alpha value is -2.34. The zero-order valence-corrected chi connectivity index (χ0v) is 13.8. The molecule has 0 aliphatic heterocycles. The highest BCUT2D eigenvalue weighted by Gasteiger charge is 2.19. The van der Waals surface area contributed by atoms with Crippen molar-refractivity contribution in [2.45, 2.75) is 11.8 Å². The van der Waals surface area contributed by atoms with E-state index in [0.717, 1.165) is 17.6 Å². The maximum atomic E-state index is 12.0. The van der Waals surface area contributed by atoms with E-state index in [1.807, 2.05) is 31.2 Å². The first kappa shape index (κ1) is 17.0. The smallest absolute Gasteiger partial charge is 0.339 e. The van der Waals surface area contributed by atoms with Crippen LogP contribution in [0, 0.1) is 6.92 Å². The third-order valence-corrected chi connectivity index (χ3v) is 4.33. The summed E-state index contributed by atoms with van der Waals surface area (Å²) in [6, 6.07) is 13.5. The van der Waals surface area contributed by atoms with Gasteiger partial charge in [-0.15, -0.1) is 0 Å². The van der Waals surface area contributed by atoms with Crippen LogP contribution in [-0.4, -0.2) is 33.9 Å². The second-order valence-electron chi connectivity index (χ2n) is 5.02. The molecule has 122 valence electrons. The quantitative estimate of drug-likeness (QED) is 0.600. The second-order valence-corrected chi connectivity index (χ2v) is 7.00. The van der Waals surface area contributed by atoms with Gasteiger partial charge in [0, 0.05) is 6.26 Å². The van der Waals surface area contributed by atoms with Crippen molar-refractivity contribution in [3.63, 3.8) is 0 Å². The van der Waals surface area contributed by atoms with E-state index in [0.29, 0.717) is 0 Å². The van der Waals surface area contributed by atoms with Crippen LogP contribution in [0.25, 0.3) is 0 Å². The fourth-order valence-corrected chi connectivity index (χ4v) is 2.92. The molecule has 0 saturated heterocycles. The summed E-state index contributed by atoms with van der Waals surface area (Å²) < 4.78 is 34.0. The number of carbonyl (C=O) groups excluding carboxylic acids is 1. The van der Waals surface area contributed by atoms with Gasteiger partial charge in [0.15, 0.2) is 9.84 Å². The summed E-state index contributed by atoms with van der Waals surface area (Å²) in [7, 11) is -3.49. The molecule has 0 unspecified atom stereocenters. The fourth-order valence-electron chi connectivity index (χ4n) is 2.04. The highest BCUT2D eigenvalue weighted by Crippen LogP contribution is 2.17. The molecule has 0 aliphatic rings. The lowest BCUT2D eigenvalue weighted by Gasteiger charge is -2.10. The number of esters is 1. The molecule has 2 aromatic carbocycles. The Balaban J connectivity index is 1.95. The van der Waals surface area contributed by atoms with Crippen molar-refractivity contribution in [1.82, 2.24) is 0 Å². The van der Waals surface area contributed by atoms with Gasteiger partial charge >= 0.3 is 5.97 Å². The number of sulfone groups is 1. The maximum absolute atomic E-state index is 12.0. The van der Waals surface area contributed by atoms with Crippen LogP contribution in [0.2, 0.25) is 0 Å². The van der Waals surface area contributed by atoms with Crippen LogP contribution in [0.1, 0.15) is 15.9 Å². The summed E-state index contributed by atoms with van der Waals surface area (Å²) in [6.07, 6.45) is 1.06. The van der Waals surface area contributed by atoms with E-state index in [1.54, 1.807) is 12.1 Å². The van der Waals surface area contributed by atoms with Gasteiger partial charge in [-0.05, 0) is 30.7 Å². The Morgan fingerprint density at radius 1 is 1.00 bits per heavy atom. The first-order valence-electron chi connectivity index (χ1n) is 7.04. The molecule has 0 radical (unpaired) electrons. The predicted octanol–water partition coefficient (Wildman–Crippen LogP) is 2.63. The van der Waals surface area contributed by atoms with E-state index in [-0.39, 0.29) is 23.7 Å². The minimum Gasteiger partial charge on any atom is -0.490 e. The monoisotopic (exact) mass is 334 g/mol. The standard InChI is InChI=1S/C17H18O5S/c1-13-7-3-5-9-15(13)21-11-12-22-17(18)14-8-4-6-10-16(14)23(2,19)20/h3-10H,11-12H2,1-2H3. The molecule has 0 spiro atoms. The normalized spacial score (nSPS) is 11.0. The van der Waals surface area contributed by atoms with Crippen molar-refractivity contribution in [1.29, 1.82) is 0 Å². The molecule has 6 heteroatoms. The Bertz CT molecular complexity index is 796. The molecule has 2 rings (SSSR count). The number of hydrogen-bond acceptors (Lipinski definition) is 5. The number of ether oxygens (including phenoxy) is 2. The Morgan fingerprint density at radius 2 is 1.65 bits per heavy atom. The molecule has 0 aromatic heterocycles. The lowest BCUT2D eigenvalue weighted by molar-refractivity contribution is 0.0445. The summed E-state index contributed by atoms with van der Waals surface area (Å²) in [5.74, 6) is 0.0412. The van der Waals surface area contributed by atoms with Crippen molar-refractivity contribution in [3.8, 4) is 5.75 Å². The van der Waals surface area contributed by atoms with Crippen molar-refractivity contribution in [2.75, 3.05) is 19.5 Å². The maximum Gasteiger partial charge on any atom is 0.339 e. The molecule has 0 bridgehead atoms.